The maximum atomic E-state index is 13.1. The van der Waals surface area contributed by atoms with Gasteiger partial charge >= 0.3 is 12.1 Å². The quantitative estimate of drug-likeness (QED) is 0.929. The standard InChI is InChI=1S/C14H16F3NO3/c1-2-18(12-8-21-7-9(12)13(19)20)11-6-4-3-5-10(11)14(15,16)17/h3-6,9,12H,2,7-8H2,1H3,(H,19,20). The molecule has 1 heterocycles. The maximum absolute atomic E-state index is 13.1. The number of hydrogen-bond donors (Lipinski definition) is 1. The van der Waals surface area contributed by atoms with E-state index in [-0.39, 0.29) is 25.4 Å². The zero-order valence-corrected chi connectivity index (χ0v) is 11.4. The van der Waals surface area contributed by atoms with Gasteiger partial charge in [0.1, 0.15) is 5.92 Å². The van der Waals surface area contributed by atoms with Gasteiger partial charge in [-0.3, -0.25) is 4.79 Å². The predicted octanol–water partition coefficient (Wildman–Crippen LogP) is 2.63. The summed E-state index contributed by atoms with van der Waals surface area (Å²) >= 11 is 0. The molecule has 1 fully saturated rings. The molecule has 1 N–H and O–H groups in total. The topological polar surface area (TPSA) is 49.8 Å². The molecule has 1 aliphatic rings. The van der Waals surface area contributed by atoms with E-state index in [1.165, 1.54) is 23.1 Å². The van der Waals surface area contributed by atoms with Crippen molar-refractivity contribution in [2.24, 2.45) is 5.92 Å². The lowest BCUT2D eigenvalue weighted by molar-refractivity contribution is -0.142. The number of carboxylic acid groups (broad SMARTS) is 1. The van der Waals surface area contributed by atoms with Crippen molar-refractivity contribution in [2.75, 3.05) is 24.7 Å². The third-order valence-corrected chi connectivity index (χ3v) is 3.63. The molecule has 116 valence electrons. The van der Waals surface area contributed by atoms with Crippen LogP contribution in [0.3, 0.4) is 0 Å². The summed E-state index contributed by atoms with van der Waals surface area (Å²) in [4.78, 5) is 12.7. The maximum Gasteiger partial charge on any atom is 0.418 e. The lowest BCUT2D eigenvalue weighted by Crippen LogP contribution is -2.44. The summed E-state index contributed by atoms with van der Waals surface area (Å²) in [7, 11) is 0. The Balaban J connectivity index is 2.41. The molecule has 0 aromatic heterocycles. The number of hydrogen-bond acceptors (Lipinski definition) is 3. The molecule has 0 radical (unpaired) electrons. The normalized spacial score (nSPS) is 22.3. The zero-order valence-electron chi connectivity index (χ0n) is 11.4. The summed E-state index contributed by atoms with van der Waals surface area (Å²) in [5.74, 6) is -1.88. The van der Waals surface area contributed by atoms with Gasteiger partial charge in [-0.05, 0) is 19.1 Å². The van der Waals surface area contributed by atoms with Crippen molar-refractivity contribution >= 4 is 11.7 Å². The third-order valence-electron chi connectivity index (χ3n) is 3.63. The molecule has 0 spiro atoms. The van der Waals surface area contributed by atoms with Crippen molar-refractivity contribution in [2.45, 2.75) is 19.1 Å². The van der Waals surface area contributed by atoms with Crippen LogP contribution in [-0.2, 0) is 15.7 Å². The van der Waals surface area contributed by atoms with Crippen molar-refractivity contribution < 1.29 is 27.8 Å². The second-order valence-corrected chi connectivity index (χ2v) is 4.85. The fourth-order valence-corrected chi connectivity index (χ4v) is 2.63. The Hall–Kier alpha value is -1.76. The number of rotatable bonds is 4. The fraction of sp³-hybridized carbons (Fsp3) is 0.500. The van der Waals surface area contributed by atoms with Crippen LogP contribution in [0, 0.1) is 5.92 Å². The van der Waals surface area contributed by atoms with E-state index in [2.05, 4.69) is 0 Å². The fourth-order valence-electron chi connectivity index (χ4n) is 2.63. The second-order valence-electron chi connectivity index (χ2n) is 4.85. The number of halogens is 3. The van der Waals surface area contributed by atoms with Gasteiger partial charge in [-0.1, -0.05) is 12.1 Å². The van der Waals surface area contributed by atoms with Crippen LogP contribution >= 0.6 is 0 Å². The number of anilines is 1. The number of para-hydroxylation sites is 1. The van der Waals surface area contributed by atoms with Crippen molar-refractivity contribution in [3.63, 3.8) is 0 Å². The van der Waals surface area contributed by atoms with Gasteiger partial charge in [0.15, 0.2) is 0 Å². The van der Waals surface area contributed by atoms with E-state index >= 15 is 0 Å². The average molecular weight is 303 g/mol. The summed E-state index contributed by atoms with van der Waals surface area (Å²) in [6.07, 6.45) is -4.48. The van der Waals surface area contributed by atoms with Crippen LogP contribution in [0.1, 0.15) is 12.5 Å². The van der Waals surface area contributed by atoms with Crippen LogP contribution in [-0.4, -0.2) is 36.9 Å². The molecule has 2 unspecified atom stereocenters. The first-order valence-electron chi connectivity index (χ1n) is 6.59. The van der Waals surface area contributed by atoms with Gasteiger partial charge < -0.3 is 14.7 Å². The molecular weight excluding hydrogens is 287 g/mol. The Morgan fingerprint density at radius 2 is 2.05 bits per heavy atom. The molecule has 2 atom stereocenters. The largest absolute Gasteiger partial charge is 0.481 e. The van der Waals surface area contributed by atoms with Crippen LogP contribution in [0.15, 0.2) is 24.3 Å². The summed E-state index contributed by atoms with van der Waals surface area (Å²) in [5, 5.41) is 9.18. The summed E-state index contributed by atoms with van der Waals surface area (Å²) in [6, 6.07) is 4.60. The summed E-state index contributed by atoms with van der Waals surface area (Å²) in [6.45, 7) is 2.09. The first-order valence-corrected chi connectivity index (χ1v) is 6.59. The smallest absolute Gasteiger partial charge is 0.418 e. The van der Waals surface area contributed by atoms with Crippen LogP contribution < -0.4 is 4.90 Å². The Labute approximate surface area is 120 Å². The number of alkyl halides is 3. The van der Waals surface area contributed by atoms with Gasteiger partial charge in [-0.15, -0.1) is 0 Å². The van der Waals surface area contributed by atoms with Crippen LogP contribution in [0.25, 0.3) is 0 Å². The van der Waals surface area contributed by atoms with Gasteiger partial charge in [0.25, 0.3) is 0 Å². The highest BCUT2D eigenvalue weighted by molar-refractivity contribution is 5.73. The van der Waals surface area contributed by atoms with Crippen LogP contribution in [0.5, 0.6) is 0 Å². The number of carboxylic acids is 1. The number of aliphatic carboxylic acids is 1. The lowest BCUT2D eigenvalue weighted by atomic mass is 10.0. The van der Waals surface area contributed by atoms with E-state index in [1.54, 1.807) is 6.92 Å². The zero-order chi connectivity index (χ0) is 15.6. The van der Waals surface area contributed by atoms with Gasteiger partial charge in [-0.25, -0.2) is 0 Å². The molecule has 0 aliphatic carbocycles. The predicted molar refractivity (Wildman–Crippen MR) is 70.2 cm³/mol. The van der Waals surface area contributed by atoms with E-state index in [1.807, 2.05) is 0 Å². The molecule has 0 saturated carbocycles. The molecular formula is C14H16F3NO3. The highest BCUT2D eigenvalue weighted by Gasteiger charge is 2.41. The monoisotopic (exact) mass is 303 g/mol. The van der Waals surface area contributed by atoms with Crippen molar-refractivity contribution in [1.82, 2.24) is 0 Å². The van der Waals surface area contributed by atoms with E-state index in [4.69, 9.17) is 4.74 Å². The van der Waals surface area contributed by atoms with Crippen molar-refractivity contribution in [1.29, 1.82) is 0 Å². The van der Waals surface area contributed by atoms with Crippen LogP contribution in [0.2, 0.25) is 0 Å². The van der Waals surface area contributed by atoms with E-state index in [0.717, 1.165) is 6.07 Å². The first kappa shape index (κ1) is 15.6. The second kappa shape index (κ2) is 5.93. The first-order chi connectivity index (χ1) is 9.86. The highest BCUT2D eigenvalue weighted by atomic mass is 19.4. The molecule has 1 saturated heterocycles. The minimum Gasteiger partial charge on any atom is -0.481 e. The van der Waals surface area contributed by atoms with E-state index in [0.29, 0.717) is 0 Å². The minimum atomic E-state index is -4.48. The van der Waals surface area contributed by atoms with E-state index < -0.39 is 29.7 Å². The van der Waals surface area contributed by atoms with Crippen molar-refractivity contribution in [3.05, 3.63) is 29.8 Å². The van der Waals surface area contributed by atoms with Gasteiger partial charge in [-0.2, -0.15) is 13.2 Å². The number of ether oxygens (including phenoxy) is 1. The Bertz CT molecular complexity index is 518. The molecule has 1 aromatic rings. The number of benzene rings is 1. The molecule has 21 heavy (non-hydrogen) atoms. The van der Waals surface area contributed by atoms with Gasteiger partial charge in [0, 0.05) is 12.2 Å². The average Bonchev–Trinajstić information content (AvgIpc) is 2.88. The molecule has 1 aliphatic heterocycles. The van der Waals surface area contributed by atoms with E-state index in [9.17, 15) is 23.1 Å². The molecule has 0 bridgehead atoms. The molecule has 1 aromatic carbocycles. The number of nitrogens with zero attached hydrogens (tertiary/aromatic N) is 1. The van der Waals surface area contributed by atoms with Gasteiger partial charge in [0.05, 0.1) is 24.8 Å². The highest BCUT2D eigenvalue weighted by Crippen LogP contribution is 2.38. The molecule has 7 heteroatoms. The minimum absolute atomic E-state index is 0.00532. The van der Waals surface area contributed by atoms with Crippen molar-refractivity contribution in [3.8, 4) is 0 Å². The summed E-state index contributed by atoms with van der Waals surface area (Å²) < 4.78 is 44.5. The number of carbonyl (C=O) groups is 1. The molecule has 2 rings (SSSR count). The number of likely N-dealkylation sites (N-methyl/N-ethyl adjacent to an activating group) is 1. The Morgan fingerprint density at radius 3 is 2.62 bits per heavy atom. The molecule has 4 nitrogen and oxygen atoms in total. The Morgan fingerprint density at radius 1 is 1.38 bits per heavy atom. The third kappa shape index (κ3) is 3.12. The SMILES string of the molecule is CCN(c1ccccc1C(F)(F)F)C1COCC1C(=O)O. The van der Waals surface area contributed by atoms with Gasteiger partial charge in [0.2, 0.25) is 0 Å². The molecule has 0 amide bonds. The lowest BCUT2D eigenvalue weighted by Gasteiger charge is -2.33. The Kier molecular flexibility index (Phi) is 4.41. The summed E-state index contributed by atoms with van der Waals surface area (Å²) in [5.41, 5.74) is -0.767. The van der Waals surface area contributed by atoms with Crippen LogP contribution in [0.4, 0.5) is 18.9 Å².